The van der Waals surface area contributed by atoms with Gasteiger partial charge < -0.3 is 10.1 Å². The second-order valence-electron chi connectivity index (χ2n) is 5.10. The highest BCUT2D eigenvalue weighted by atomic mass is 35.5. The summed E-state index contributed by atoms with van der Waals surface area (Å²) in [5, 5.41) is 3.58. The Kier molecular flexibility index (Phi) is 8.87. The number of amides is 1. The van der Waals surface area contributed by atoms with Crippen LogP contribution in [-0.4, -0.2) is 44.1 Å². The molecule has 4 nitrogen and oxygen atoms in total. The van der Waals surface area contributed by atoms with Crippen LogP contribution in [0.1, 0.15) is 26.2 Å². The summed E-state index contributed by atoms with van der Waals surface area (Å²) in [6.07, 6.45) is 3.37. The standard InChI is InChI=1S/C16H25ClN2O2/c1-3-4-5-9-18-16(20)13-19(2)10-11-21-15-8-6-7-14(17)12-15/h6-8,12H,3-5,9-11,13H2,1-2H3,(H,18,20). The molecule has 1 rings (SSSR count). The SMILES string of the molecule is CCCCCNC(=O)CN(C)CCOc1cccc(Cl)c1. The predicted octanol–water partition coefficient (Wildman–Crippen LogP) is 2.96. The average Bonchev–Trinajstić information content (AvgIpc) is 2.43. The van der Waals surface area contributed by atoms with Crippen LogP contribution in [-0.2, 0) is 4.79 Å². The number of benzene rings is 1. The Bertz CT molecular complexity index is 426. The summed E-state index contributed by atoms with van der Waals surface area (Å²) in [6, 6.07) is 7.31. The summed E-state index contributed by atoms with van der Waals surface area (Å²) < 4.78 is 5.59. The Labute approximate surface area is 132 Å². The smallest absolute Gasteiger partial charge is 0.234 e. The molecule has 0 aliphatic heterocycles. The molecule has 118 valence electrons. The van der Waals surface area contributed by atoms with E-state index in [0.717, 1.165) is 31.6 Å². The number of ether oxygens (including phenoxy) is 1. The quantitative estimate of drug-likeness (QED) is 0.675. The first-order valence-corrected chi connectivity index (χ1v) is 7.83. The summed E-state index contributed by atoms with van der Waals surface area (Å²) in [5.74, 6) is 0.816. The molecule has 0 atom stereocenters. The zero-order chi connectivity index (χ0) is 15.5. The van der Waals surface area contributed by atoms with Gasteiger partial charge >= 0.3 is 0 Å². The third-order valence-electron chi connectivity index (χ3n) is 3.05. The van der Waals surface area contributed by atoms with Crippen LogP contribution in [0.5, 0.6) is 5.75 Å². The number of hydrogen-bond acceptors (Lipinski definition) is 3. The molecule has 21 heavy (non-hydrogen) atoms. The maximum Gasteiger partial charge on any atom is 0.234 e. The lowest BCUT2D eigenvalue weighted by Gasteiger charge is -2.16. The van der Waals surface area contributed by atoms with Crippen LogP contribution in [0.3, 0.4) is 0 Å². The Balaban J connectivity index is 2.13. The van der Waals surface area contributed by atoms with Crippen LogP contribution in [0.25, 0.3) is 0 Å². The lowest BCUT2D eigenvalue weighted by atomic mass is 10.2. The Hall–Kier alpha value is -1.26. The number of halogens is 1. The molecule has 1 N–H and O–H groups in total. The van der Waals surface area contributed by atoms with Crippen molar-refractivity contribution in [3.63, 3.8) is 0 Å². The van der Waals surface area contributed by atoms with Gasteiger partial charge in [-0.05, 0) is 31.7 Å². The fourth-order valence-corrected chi connectivity index (χ4v) is 2.04. The van der Waals surface area contributed by atoms with Crippen molar-refractivity contribution in [1.82, 2.24) is 10.2 Å². The number of carbonyl (C=O) groups is 1. The van der Waals surface area contributed by atoms with Crippen molar-refractivity contribution >= 4 is 17.5 Å². The molecule has 0 fully saturated rings. The molecule has 0 saturated carbocycles. The summed E-state index contributed by atoms with van der Waals surface area (Å²) in [5.41, 5.74) is 0. The number of rotatable bonds is 10. The predicted molar refractivity (Wildman–Crippen MR) is 87.0 cm³/mol. The normalized spacial score (nSPS) is 10.7. The van der Waals surface area contributed by atoms with E-state index in [1.54, 1.807) is 6.07 Å². The van der Waals surface area contributed by atoms with E-state index in [4.69, 9.17) is 16.3 Å². The minimum atomic E-state index is 0.0661. The van der Waals surface area contributed by atoms with Gasteiger partial charge in [0.1, 0.15) is 12.4 Å². The number of nitrogens with zero attached hydrogens (tertiary/aromatic N) is 1. The van der Waals surface area contributed by atoms with Gasteiger partial charge in [0.25, 0.3) is 0 Å². The van der Waals surface area contributed by atoms with Gasteiger partial charge in [-0.1, -0.05) is 37.4 Å². The Morgan fingerprint density at radius 3 is 2.90 bits per heavy atom. The van der Waals surface area contributed by atoms with Crippen molar-refractivity contribution in [3.05, 3.63) is 29.3 Å². The summed E-state index contributed by atoms with van der Waals surface area (Å²) >= 11 is 5.88. The van der Waals surface area contributed by atoms with E-state index in [9.17, 15) is 4.79 Å². The van der Waals surface area contributed by atoms with Crippen molar-refractivity contribution in [2.24, 2.45) is 0 Å². The fraction of sp³-hybridized carbons (Fsp3) is 0.562. The van der Waals surface area contributed by atoms with Crippen molar-refractivity contribution < 1.29 is 9.53 Å². The van der Waals surface area contributed by atoms with Gasteiger partial charge in [-0.15, -0.1) is 0 Å². The van der Waals surface area contributed by atoms with Crippen LogP contribution in [0.15, 0.2) is 24.3 Å². The van der Waals surface area contributed by atoms with Gasteiger partial charge in [-0.25, -0.2) is 0 Å². The van der Waals surface area contributed by atoms with E-state index >= 15 is 0 Å². The van der Waals surface area contributed by atoms with E-state index in [1.165, 1.54) is 0 Å². The fourth-order valence-electron chi connectivity index (χ4n) is 1.86. The van der Waals surface area contributed by atoms with E-state index in [-0.39, 0.29) is 5.91 Å². The van der Waals surface area contributed by atoms with Gasteiger partial charge in [0.05, 0.1) is 6.54 Å². The van der Waals surface area contributed by atoms with Gasteiger partial charge in [-0.2, -0.15) is 0 Å². The van der Waals surface area contributed by atoms with Crippen LogP contribution in [0.2, 0.25) is 5.02 Å². The zero-order valence-electron chi connectivity index (χ0n) is 12.9. The number of likely N-dealkylation sites (N-methyl/N-ethyl adjacent to an activating group) is 1. The van der Waals surface area contributed by atoms with Crippen molar-refractivity contribution in [2.45, 2.75) is 26.2 Å². The maximum atomic E-state index is 11.7. The molecule has 0 heterocycles. The third-order valence-corrected chi connectivity index (χ3v) is 3.29. The molecule has 1 amide bonds. The summed E-state index contributed by atoms with van der Waals surface area (Å²) in [7, 11) is 1.91. The average molecular weight is 313 g/mol. The highest BCUT2D eigenvalue weighted by molar-refractivity contribution is 6.30. The molecule has 0 aliphatic carbocycles. The third kappa shape index (κ3) is 8.58. The maximum absolute atomic E-state index is 11.7. The topological polar surface area (TPSA) is 41.6 Å². The van der Waals surface area contributed by atoms with Crippen LogP contribution in [0.4, 0.5) is 0 Å². The minimum Gasteiger partial charge on any atom is -0.492 e. The molecule has 0 bridgehead atoms. The molecule has 1 aromatic carbocycles. The van der Waals surface area contributed by atoms with E-state index in [0.29, 0.717) is 24.7 Å². The van der Waals surface area contributed by atoms with Gasteiger partial charge in [-0.3, -0.25) is 9.69 Å². The monoisotopic (exact) mass is 312 g/mol. The Morgan fingerprint density at radius 1 is 1.38 bits per heavy atom. The summed E-state index contributed by atoms with van der Waals surface area (Å²) in [4.78, 5) is 13.6. The molecular weight excluding hydrogens is 288 g/mol. The van der Waals surface area contributed by atoms with E-state index in [2.05, 4.69) is 12.2 Å². The zero-order valence-corrected chi connectivity index (χ0v) is 13.7. The molecular formula is C16H25ClN2O2. The second kappa shape index (κ2) is 10.5. The number of unbranched alkanes of at least 4 members (excludes halogenated alkanes) is 2. The van der Waals surface area contributed by atoms with Gasteiger partial charge in [0.15, 0.2) is 0 Å². The Morgan fingerprint density at radius 2 is 2.19 bits per heavy atom. The first-order chi connectivity index (χ1) is 10.1. The molecule has 0 aliphatic rings. The van der Waals surface area contributed by atoms with E-state index < -0.39 is 0 Å². The van der Waals surface area contributed by atoms with Crippen molar-refractivity contribution in [1.29, 1.82) is 0 Å². The lowest BCUT2D eigenvalue weighted by Crippen LogP contribution is -2.37. The molecule has 0 spiro atoms. The van der Waals surface area contributed by atoms with Crippen molar-refractivity contribution in [2.75, 3.05) is 33.3 Å². The van der Waals surface area contributed by atoms with E-state index in [1.807, 2.05) is 30.1 Å². The number of hydrogen-bond donors (Lipinski definition) is 1. The largest absolute Gasteiger partial charge is 0.492 e. The van der Waals surface area contributed by atoms with Crippen LogP contribution >= 0.6 is 11.6 Å². The molecule has 0 radical (unpaired) electrons. The molecule has 5 heteroatoms. The van der Waals surface area contributed by atoms with Crippen molar-refractivity contribution in [3.8, 4) is 5.75 Å². The van der Waals surface area contributed by atoms with Crippen LogP contribution in [0, 0.1) is 0 Å². The van der Waals surface area contributed by atoms with Crippen LogP contribution < -0.4 is 10.1 Å². The molecule has 0 unspecified atom stereocenters. The number of nitrogens with one attached hydrogen (secondary N) is 1. The van der Waals surface area contributed by atoms with Gasteiger partial charge in [0, 0.05) is 18.1 Å². The summed E-state index contributed by atoms with van der Waals surface area (Å²) in [6.45, 7) is 4.52. The highest BCUT2D eigenvalue weighted by Crippen LogP contribution is 2.16. The lowest BCUT2D eigenvalue weighted by molar-refractivity contribution is -0.122. The van der Waals surface area contributed by atoms with Gasteiger partial charge in [0.2, 0.25) is 5.91 Å². The first kappa shape index (κ1) is 17.8. The highest BCUT2D eigenvalue weighted by Gasteiger charge is 2.06. The first-order valence-electron chi connectivity index (χ1n) is 7.45. The molecule has 1 aromatic rings. The molecule has 0 aromatic heterocycles. The second-order valence-corrected chi connectivity index (χ2v) is 5.54. The number of carbonyl (C=O) groups excluding carboxylic acids is 1. The molecule has 0 saturated heterocycles. The minimum absolute atomic E-state index is 0.0661.